The fraction of sp³-hybridized carbons (Fsp3) is 0.333. The highest BCUT2D eigenvalue weighted by Crippen LogP contribution is 2.40. The second-order valence-electron chi connectivity index (χ2n) is 7.88. The number of anilines is 1. The van der Waals surface area contributed by atoms with E-state index in [0.29, 0.717) is 29.4 Å². The van der Waals surface area contributed by atoms with Crippen molar-refractivity contribution >= 4 is 11.6 Å². The lowest BCUT2D eigenvalue weighted by atomic mass is 10.0. The monoisotopic (exact) mass is 428 g/mol. The zero-order valence-electron chi connectivity index (χ0n) is 16.3. The van der Waals surface area contributed by atoms with Gasteiger partial charge in [0.05, 0.1) is 41.6 Å². The quantitative estimate of drug-likeness (QED) is 0.690. The van der Waals surface area contributed by atoms with Crippen LogP contribution in [0.25, 0.3) is 5.69 Å². The molecule has 5 rings (SSSR count). The SMILES string of the molecule is O=C(c1ccccc1-n1nccn1)N1C[C@@H]2C[C@@H](Nc3ccc(C(F)(F)F)nc3)[C@@H]1C2. The molecule has 3 aromatic rings. The standard InChI is InChI=1S/C21H19F3N6O/c22-21(23,24)19-6-5-14(11-25-19)28-16-9-13-10-18(16)29(12-13)20(31)15-3-1-2-4-17(15)30-26-7-8-27-30/h1-8,11,13,16,18,28H,9-10,12H2/t13-,16-,18+/m1/s1. The fourth-order valence-corrected chi connectivity index (χ4v) is 4.60. The molecule has 1 aliphatic heterocycles. The molecule has 3 atom stereocenters. The maximum Gasteiger partial charge on any atom is 0.433 e. The molecule has 0 spiro atoms. The summed E-state index contributed by atoms with van der Waals surface area (Å²) < 4.78 is 38.2. The van der Waals surface area contributed by atoms with Gasteiger partial charge in [-0.2, -0.15) is 28.2 Å². The number of nitrogens with one attached hydrogen (secondary N) is 1. The molecule has 1 saturated carbocycles. The van der Waals surface area contributed by atoms with Crippen molar-refractivity contribution in [2.24, 2.45) is 5.92 Å². The van der Waals surface area contributed by atoms with Crippen LogP contribution in [0.1, 0.15) is 28.9 Å². The van der Waals surface area contributed by atoms with E-state index in [1.54, 1.807) is 30.6 Å². The number of para-hydroxylation sites is 1. The van der Waals surface area contributed by atoms with Gasteiger partial charge in [-0.05, 0) is 43.0 Å². The Morgan fingerprint density at radius 1 is 1.06 bits per heavy atom. The first-order chi connectivity index (χ1) is 14.9. The summed E-state index contributed by atoms with van der Waals surface area (Å²) in [6.07, 6.45) is 1.55. The van der Waals surface area contributed by atoms with Crippen LogP contribution in [-0.2, 0) is 6.18 Å². The van der Waals surface area contributed by atoms with E-state index in [9.17, 15) is 18.0 Å². The molecule has 160 valence electrons. The largest absolute Gasteiger partial charge is 0.433 e. The number of amides is 1. The molecule has 31 heavy (non-hydrogen) atoms. The van der Waals surface area contributed by atoms with Gasteiger partial charge in [-0.3, -0.25) is 4.79 Å². The summed E-state index contributed by atoms with van der Waals surface area (Å²) in [4.78, 5) is 20.2. The van der Waals surface area contributed by atoms with Crippen molar-refractivity contribution in [2.75, 3.05) is 11.9 Å². The van der Waals surface area contributed by atoms with Crippen LogP contribution in [0, 0.1) is 5.92 Å². The molecular weight excluding hydrogens is 409 g/mol. The van der Waals surface area contributed by atoms with Crippen LogP contribution in [0.2, 0.25) is 0 Å². The second-order valence-corrected chi connectivity index (χ2v) is 7.88. The minimum Gasteiger partial charge on any atom is -0.379 e. The third kappa shape index (κ3) is 3.62. The number of aromatic nitrogens is 4. The Bertz CT molecular complexity index is 1080. The first kappa shape index (κ1) is 19.5. The normalized spacial score (nSPS) is 22.7. The summed E-state index contributed by atoms with van der Waals surface area (Å²) in [6, 6.07) is 9.44. The van der Waals surface area contributed by atoms with Gasteiger partial charge in [-0.15, -0.1) is 0 Å². The summed E-state index contributed by atoms with van der Waals surface area (Å²) in [5, 5.41) is 11.5. The summed E-state index contributed by atoms with van der Waals surface area (Å²) in [5.41, 5.74) is 0.712. The number of hydrogen-bond acceptors (Lipinski definition) is 5. The van der Waals surface area contributed by atoms with Gasteiger partial charge < -0.3 is 10.2 Å². The summed E-state index contributed by atoms with van der Waals surface area (Å²) in [5.74, 6) is 0.251. The van der Waals surface area contributed by atoms with Gasteiger partial charge >= 0.3 is 6.18 Å². The van der Waals surface area contributed by atoms with Gasteiger partial charge in [0.15, 0.2) is 0 Å². The van der Waals surface area contributed by atoms with Crippen LogP contribution < -0.4 is 5.32 Å². The highest BCUT2D eigenvalue weighted by molar-refractivity contribution is 5.98. The van der Waals surface area contributed by atoms with Crippen LogP contribution in [0.3, 0.4) is 0 Å². The van der Waals surface area contributed by atoms with E-state index in [2.05, 4.69) is 20.5 Å². The molecule has 7 nitrogen and oxygen atoms in total. The lowest BCUT2D eigenvalue weighted by molar-refractivity contribution is -0.141. The van der Waals surface area contributed by atoms with E-state index in [1.165, 1.54) is 17.1 Å². The molecule has 1 amide bonds. The first-order valence-corrected chi connectivity index (χ1v) is 9.96. The maximum absolute atomic E-state index is 13.4. The number of nitrogens with zero attached hydrogens (tertiary/aromatic N) is 5. The van der Waals surface area contributed by atoms with E-state index >= 15 is 0 Å². The Balaban J connectivity index is 1.35. The molecule has 10 heteroatoms. The van der Waals surface area contributed by atoms with Gasteiger partial charge in [-0.25, -0.2) is 4.98 Å². The molecule has 2 aromatic heterocycles. The number of halogens is 3. The van der Waals surface area contributed by atoms with Gasteiger partial charge in [0.1, 0.15) is 5.69 Å². The minimum atomic E-state index is -4.47. The van der Waals surface area contributed by atoms with Crippen LogP contribution in [0.5, 0.6) is 0 Å². The number of carbonyl (C=O) groups excluding carboxylic acids is 1. The van der Waals surface area contributed by atoms with Gasteiger partial charge in [0.2, 0.25) is 0 Å². The average Bonchev–Trinajstić information content (AvgIpc) is 3.50. The number of alkyl halides is 3. The molecule has 2 bridgehead atoms. The van der Waals surface area contributed by atoms with Crippen molar-refractivity contribution in [2.45, 2.75) is 31.1 Å². The van der Waals surface area contributed by atoms with Crippen molar-refractivity contribution in [3.05, 3.63) is 66.2 Å². The zero-order chi connectivity index (χ0) is 21.6. The van der Waals surface area contributed by atoms with E-state index in [0.717, 1.165) is 18.9 Å². The molecule has 0 radical (unpaired) electrons. The summed E-state index contributed by atoms with van der Waals surface area (Å²) in [6.45, 7) is 0.661. The predicted molar refractivity (Wildman–Crippen MR) is 106 cm³/mol. The average molecular weight is 428 g/mol. The third-order valence-electron chi connectivity index (χ3n) is 5.92. The van der Waals surface area contributed by atoms with Crippen molar-refractivity contribution in [1.29, 1.82) is 0 Å². The smallest absolute Gasteiger partial charge is 0.379 e. The fourth-order valence-electron chi connectivity index (χ4n) is 4.60. The highest BCUT2D eigenvalue weighted by Gasteiger charge is 2.47. The lowest BCUT2D eigenvalue weighted by Crippen LogP contribution is -2.47. The second kappa shape index (κ2) is 7.36. The van der Waals surface area contributed by atoms with Crippen molar-refractivity contribution in [3.63, 3.8) is 0 Å². The van der Waals surface area contributed by atoms with Crippen LogP contribution >= 0.6 is 0 Å². The highest BCUT2D eigenvalue weighted by atomic mass is 19.4. The number of pyridine rings is 1. The van der Waals surface area contributed by atoms with E-state index in [-0.39, 0.29) is 18.0 Å². The first-order valence-electron chi connectivity index (χ1n) is 9.96. The summed E-state index contributed by atoms with van der Waals surface area (Å²) in [7, 11) is 0. The van der Waals surface area contributed by atoms with Crippen molar-refractivity contribution in [1.82, 2.24) is 24.9 Å². The Labute approximate surface area is 175 Å². The lowest BCUT2D eigenvalue weighted by Gasteiger charge is -2.34. The van der Waals surface area contributed by atoms with Crippen molar-refractivity contribution in [3.8, 4) is 5.69 Å². The van der Waals surface area contributed by atoms with E-state index in [4.69, 9.17) is 0 Å². The van der Waals surface area contributed by atoms with E-state index < -0.39 is 11.9 Å². The number of piperidine rings is 1. The Morgan fingerprint density at radius 2 is 1.84 bits per heavy atom. The summed E-state index contributed by atoms with van der Waals surface area (Å²) >= 11 is 0. The maximum atomic E-state index is 13.4. The number of hydrogen-bond donors (Lipinski definition) is 1. The topological polar surface area (TPSA) is 75.9 Å². The third-order valence-corrected chi connectivity index (χ3v) is 5.92. The minimum absolute atomic E-state index is 0.0431. The number of benzene rings is 1. The van der Waals surface area contributed by atoms with Crippen LogP contribution in [0.15, 0.2) is 55.0 Å². The van der Waals surface area contributed by atoms with Crippen molar-refractivity contribution < 1.29 is 18.0 Å². The Morgan fingerprint density at radius 3 is 2.52 bits per heavy atom. The number of likely N-dealkylation sites (tertiary alicyclic amines) is 1. The van der Waals surface area contributed by atoms with E-state index in [1.807, 2.05) is 11.0 Å². The predicted octanol–water partition coefficient (Wildman–Crippen LogP) is 3.40. The zero-order valence-corrected chi connectivity index (χ0v) is 16.3. The molecule has 1 N–H and O–H groups in total. The molecule has 2 fully saturated rings. The molecule has 3 heterocycles. The number of rotatable bonds is 4. The number of carbonyl (C=O) groups is 1. The molecule has 1 aliphatic carbocycles. The Kier molecular flexibility index (Phi) is 4.64. The Hall–Kier alpha value is -3.43. The number of fused-ring (bicyclic) bond motifs is 2. The molecule has 2 aliphatic rings. The van der Waals surface area contributed by atoms with Gasteiger partial charge in [0, 0.05) is 12.6 Å². The molecule has 0 unspecified atom stereocenters. The molecule has 1 saturated heterocycles. The molecule has 1 aromatic carbocycles. The van der Waals surface area contributed by atoms with Gasteiger partial charge in [-0.1, -0.05) is 12.1 Å². The van der Waals surface area contributed by atoms with Gasteiger partial charge in [0.25, 0.3) is 5.91 Å². The van der Waals surface area contributed by atoms with Crippen LogP contribution in [0.4, 0.5) is 18.9 Å². The molecular formula is C21H19F3N6O. The van der Waals surface area contributed by atoms with Crippen LogP contribution in [-0.4, -0.2) is 49.4 Å².